The highest BCUT2D eigenvalue weighted by Gasteiger charge is 2.15. The summed E-state index contributed by atoms with van der Waals surface area (Å²) in [7, 11) is 1.53. The topological polar surface area (TPSA) is 47.0 Å². The first-order chi connectivity index (χ1) is 10.8. The predicted molar refractivity (Wildman–Crippen MR) is 83.1 cm³/mol. The van der Waals surface area contributed by atoms with Crippen LogP contribution in [-0.4, -0.2) is 23.1 Å². The quantitative estimate of drug-likeness (QED) is 0.920. The lowest BCUT2D eigenvalue weighted by atomic mass is 10.1. The summed E-state index contributed by atoms with van der Waals surface area (Å²) in [5.74, 6) is 0.141. The van der Waals surface area contributed by atoms with E-state index in [2.05, 4.69) is 15.3 Å². The Morgan fingerprint density at radius 1 is 1.27 bits per heavy atom. The molecule has 4 nitrogen and oxygen atoms in total. The highest BCUT2D eigenvalue weighted by Crippen LogP contribution is 2.28. The lowest BCUT2D eigenvalue weighted by Gasteiger charge is -2.12. The number of hydrogen-bond acceptors (Lipinski definition) is 4. The zero-order chi connectivity index (χ0) is 15.4. The van der Waals surface area contributed by atoms with Gasteiger partial charge in [0.1, 0.15) is 11.6 Å². The molecule has 1 aliphatic rings. The molecule has 0 amide bonds. The van der Waals surface area contributed by atoms with Crippen molar-refractivity contribution in [1.82, 2.24) is 15.3 Å². The molecule has 22 heavy (non-hydrogen) atoms. The minimum Gasteiger partial charge on any atom is -0.496 e. The number of aromatic nitrogens is 2. The fraction of sp³-hybridized carbons (Fsp3) is 0.412. The third kappa shape index (κ3) is 3.42. The SMILES string of the molecule is COc1cc(F)ccc1-c1cncc(CNC2CCCC2)n1. The normalized spacial score (nSPS) is 15.2. The summed E-state index contributed by atoms with van der Waals surface area (Å²) < 4.78 is 18.5. The molecule has 116 valence electrons. The van der Waals surface area contributed by atoms with Gasteiger partial charge in [0.2, 0.25) is 0 Å². The number of ether oxygens (including phenoxy) is 1. The van der Waals surface area contributed by atoms with Crippen LogP contribution in [0.4, 0.5) is 4.39 Å². The van der Waals surface area contributed by atoms with E-state index in [0.29, 0.717) is 24.0 Å². The maximum Gasteiger partial charge on any atom is 0.131 e. The molecular formula is C17H20FN3O. The van der Waals surface area contributed by atoms with Crippen molar-refractivity contribution < 1.29 is 9.13 Å². The van der Waals surface area contributed by atoms with E-state index in [0.717, 1.165) is 11.3 Å². The summed E-state index contributed by atoms with van der Waals surface area (Å²) in [6, 6.07) is 5.03. The van der Waals surface area contributed by atoms with Gasteiger partial charge >= 0.3 is 0 Å². The Labute approximate surface area is 129 Å². The lowest BCUT2D eigenvalue weighted by Crippen LogP contribution is -2.25. The maximum atomic E-state index is 13.3. The van der Waals surface area contributed by atoms with Gasteiger partial charge < -0.3 is 10.1 Å². The van der Waals surface area contributed by atoms with Crippen LogP contribution in [-0.2, 0) is 6.54 Å². The van der Waals surface area contributed by atoms with Crippen molar-refractivity contribution >= 4 is 0 Å². The molecular weight excluding hydrogens is 281 g/mol. The minimum atomic E-state index is -0.326. The second-order valence-corrected chi connectivity index (χ2v) is 5.60. The van der Waals surface area contributed by atoms with E-state index in [4.69, 9.17) is 4.74 Å². The molecule has 1 N–H and O–H groups in total. The number of nitrogens with one attached hydrogen (secondary N) is 1. The van der Waals surface area contributed by atoms with Crippen molar-refractivity contribution in [3.05, 3.63) is 42.1 Å². The largest absolute Gasteiger partial charge is 0.496 e. The lowest BCUT2D eigenvalue weighted by molar-refractivity contribution is 0.413. The molecule has 0 spiro atoms. The van der Waals surface area contributed by atoms with Crippen LogP contribution in [0.1, 0.15) is 31.4 Å². The molecule has 1 heterocycles. The number of halogens is 1. The third-order valence-corrected chi connectivity index (χ3v) is 4.05. The van der Waals surface area contributed by atoms with Crippen LogP contribution < -0.4 is 10.1 Å². The molecule has 1 fully saturated rings. The summed E-state index contributed by atoms with van der Waals surface area (Å²) in [4.78, 5) is 8.87. The van der Waals surface area contributed by atoms with Gasteiger partial charge in [-0.05, 0) is 25.0 Å². The standard InChI is InChI=1S/C17H20FN3O/c1-22-17-8-12(18)6-7-15(17)16-11-19-9-14(21-16)10-20-13-4-2-3-5-13/h6-9,11,13,20H,2-5,10H2,1H3. The Balaban J connectivity index is 1.78. The number of nitrogens with zero attached hydrogens (tertiary/aromatic N) is 2. The monoisotopic (exact) mass is 301 g/mol. The molecule has 1 saturated carbocycles. The Hall–Kier alpha value is -2.01. The van der Waals surface area contributed by atoms with Crippen LogP contribution >= 0.6 is 0 Å². The molecule has 0 bridgehead atoms. The first-order valence-corrected chi connectivity index (χ1v) is 7.64. The molecule has 1 aromatic heterocycles. The second-order valence-electron chi connectivity index (χ2n) is 5.60. The molecule has 5 heteroatoms. The molecule has 0 radical (unpaired) electrons. The van der Waals surface area contributed by atoms with Gasteiger partial charge in [0.05, 0.1) is 24.7 Å². The molecule has 1 aromatic carbocycles. The van der Waals surface area contributed by atoms with Gasteiger partial charge in [0.25, 0.3) is 0 Å². The van der Waals surface area contributed by atoms with E-state index >= 15 is 0 Å². The third-order valence-electron chi connectivity index (χ3n) is 4.05. The Morgan fingerprint density at radius 3 is 2.86 bits per heavy atom. The maximum absolute atomic E-state index is 13.3. The molecule has 3 rings (SSSR count). The van der Waals surface area contributed by atoms with Crippen molar-refractivity contribution in [2.75, 3.05) is 7.11 Å². The van der Waals surface area contributed by atoms with E-state index in [-0.39, 0.29) is 5.82 Å². The molecule has 2 aromatic rings. The number of methoxy groups -OCH3 is 1. The average molecular weight is 301 g/mol. The molecule has 0 aliphatic heterocycles. The second kappa shape index (κ2) is 6.83. The van der Waals surface area contributed by atoms with Crippen molar-refractivity contribution in [1.29, 1.82) is 0 Å². The van der Waals surface area contributed by atoms with E-state index in [1.54, 1.807) is 18.5 Å². The van der Waals surface area contributed by atoms with Gasteiger partial charge in [-0.25, -0.2) is 9.37 Å². The van der Waals surface area contributed by atoms with E-state index < -0.39 is 0 Å². The Kier molecular flexibility index (Phi) is 4.63. The number of hydrogen-bond donors (Lipinski definition) is 1. The first kappa shape index (κ1) is 14.9. The zero-order valence-electron chi connectivity index (χ0n) is 12.7. The summed E-state index contributed by atoms with van der Waals surface area (Å²) in [6.07, 6.45) is 8.51. The van der Waals surface area contributed by atoms with Crippen molar-refractivity contribution in [3.63, 3.8) is 0 Å². The summed E-state index contributed by atoms with van der Waals surface area (Å²) >= 11 is 0. The highest BCUT2D eigenvalue weighted by molar-refractivity contribution is 5.66. The minimum absolute atomic E-state index is 0.326. The van der Waals surface area contributed by atoms with Crippen molar-refractivity contribution in [2.24, 2.45) is 0 Å². The molecule has 0 unspecified atom stereocenters. The average Bonchev–Trinajstić information content (AvgIpc) is 3.06. The van der Waals surface area contributed by atoms with Gasteiger partial charge in [0, 0.05) is 30.4 Å². The molecule has 0 atom stereocenters. The van der Waals surface area contributed by atoms with Gasteiger partial charge in [0.15, 0.2) is 0 Å². The zero-order valence-corrected chi connectivity index (χ0v) is 12.7. The van der Waals surface area contributed by atoms with Gasteiger partial charge in [-0.3, -0.25) is 4.98 Å². The van der Waals surface area contributed by atoms with E-state index in [1.807, 2.05) is 0 Å². The van der Waals surface area contributed by atoms with Crippen LogP contribution in [0.15, 0.2) is 30.6 Å². The summed E-state index contributed by atoms with van der Waals surface area (Å²) in [6.45, 7) is 0.703. The van der Waals surface area contributed by atoms with Crippen LogP contribution in [0.25, 0.3) is 11.3 Å². The van der Waals surface area contributed by atoms with E-state index in [1.165, 1.54) is 44.9 Å². The Morgan fingerprint density at radius 2 is 2.09 bits per heavy atom. The molecule has 1 aliphatic carbocycles. The van der Waals surface area contributed by atoms with Crippen LogP contribution in [0.2, 0.25) is 0 Å². The van der Waals surface area contributed by atoms with Crippen molar-refractivity contribution in [3.8, 4) is 17.0 Å². The van der Waals surface area contributed by atoms with Crippen LogP contribution in [0, 0.1) is 5.82 Å². The predicted octanol–water partition coefficient (Wildman–Crippen LogP) is 3.32. The molecule has 0 saturated heterocycles. The highest BCUT2D eigenvalue weighted by atomic mass is 19.1. The fourth-order valence-electron chi connectivity index (χ4n) is 2.88. The smallest absolute Gasteiger partial charge is 0.131 e. The van der Waals surface area contributed by atoms with Crippen LogP contribution in [0.5, 0.6) is 5.75 Å². The number of benzene rings is 1. The summed E-state index contributed by atoms with van der Waals surface area (Å²) in [5.41, 5.74) is 2.33. The van der Waals surface area contributed by atoms with Gasteiger partial charge in [-0.15, -0.1) is 0 Å². The van der Waals surface area contributed by atoms with Crippen molar-refractivity contribution in [2.45, 2.75) is 38.3 Å². The fourth-order valence-corrected chi connectivity index (χ4v) is 2.88. The summed E-state index contributed by atoms with van der Waals surface area (Å²) in [5, 5.41) is 3.52. The van der Waals surface area contributed by atoms with Crippen LogP contribution in [0.3, 0.4) is 0 Å². The van der Waals surface area contributed by atoms with Gasteiger partial charge in [-0.1, -0.05) is 12.8 Å². The number of rotatable bonds is 5. The Bertz CT molecular complexity index is 642. The van der Waals surface area contributed by atoms with E-state index in [9.17, 15) is 4.39 Å². The first-order valence-electron chi connectivity index (χ1n) is 7.64. The van der Waals surface area contributed by atoms with Gasteiger partial charge in [-0.2, -0.15) is 0 Å².